The molecule has 1 aromatic rings. The fourth-order valence-corrected chi connectivity index (χ4v) is 1.32. The number of aryl methyl sites for hydroxylation is 1. The first-order valence-electron chi connectivity index (χ1n) is 4.96. The third-order valence-electron chi connectivity index (χ3n) is 2.47. The Bertz CT molecular complexity index is 270. The molecule has 4 heteroatoms. The Labute approximate surface area is 84.9 Å². The van der Waals surface area contributed by atoms with Gasteiger partial charge in [-0.25, -0.2) is 0 Å². The summed E-state index contributed by atoms with van der Waals surface area (Å²) in [6, 6.07) is 2.13. The molecule has 0 radical (unpaired) electrons. The summed E-state index contributed by atoms with van der Waals surface area (Å²) in [5, 5.41) is 16.5. The van der Waals surface area contributed by atoms with E-state index < -0.39 is 0 Å². The monoisotopic (exact) mass is 197 g/mol. The lowest BCUT2D eigenvalue weighted by atomic mass is 10.1. The van der Waals surface area contributed by atoms with E-state index in [1.165, 1.54) is 0 Å². The molecule has 0 spiro atoms. The molecule has 1 aromatic heterocycles. The fraction of sp³-hybridized carbons (Fsp3) is 0.700. The second-order valence-corrected chi connectivity index (χ2v) is 3.86. The van der Waals surface area contributed by atoms with E-state index in [0.717, 1.165) is 12.2 Å². The van der Waals surface area contributed by atoms with Gasteiger partial charge in [0.05, 0.1) is 12.3 Å². The Kier molecular flexibility index (Phi) is 4.10. The first-order valence-corrected chi connectivity index (χ1v) is 4.96. The lowest BCUT2D eigenvalue weighted by Crippen LogP contribution is -2.36. The molecule has 0 aliphatic heterocycles. The fourth-order valence-electron chi connectivity index (χ4n) is 1.32. The van der Waals surface area contributed by atoms with Crippen molar-refractivity contribution in [2.45, 2.75) is 26.4 Å². The number of hydrogen-bond acceptors (Lipinski definition) is 3. The molecular weight excluding hydrogens is 178 g/mol. The first-order chi connectivity index (χ1) is 6.65. The third-order valence-corrected chi connectivity index (χ3v) is 2.47. The average molecular weight is 197 g/mol. The van der Waals surface area contributed by atoms with Crippen LogP contribution < -0.4 is 5.32 Å². The van der Waals surface area contributed by atoms with Crippen LogP contribution >= 0.6 is 0 Å². The predicted octanol–water partition coefficient (Wildman–Crippen LogP) is 0.527. The normalized spacial score (nSPS) is 13.5. The molecule has 0 aliphatic rings. The second kappa shape index (κ2) is 5.12. The molecule has 1 atom stereocenters. The van der Waals surface area contributed by atoms with Crippen LogP contribution in [-0.4, -0.2) is 27.5 Å². The van der Waals surface area contributed by atoms with Crippen molar-refractivity contribution in [1.29, 1.82) is 0 Å². The second-order valence-electron chi connectivity index (χ2n) is 3.86. The third kappa shape index (κ3) is 2.82. The van der Waals surface area contributed by atoms with Gasteiger partial charge in [-0.05, 0) is 12.0 Å². The summed E-state index contributed by atoms with van der Waals surface area (Å²) in [4.78, 5) is 0. The highest BCUT2D eigenvalue weighted by molar-refractivity contribution is 4.99. The highest BCUT2D eigenvalue weighted by Gasteiger charge is 2.11. The number of aromatic nitrogens is 2. The van der Waals surface area contributed by atoms with Crippen LogP contribution in [0.15, 0.2) is 12.3 Å². The highest BCUT2D eigenvalue weighted by atomic mass is 16.3. The summed E-state index contributed by atoms with van der Waals surface area (Å²) in [6.45, 7) is 5.11. The minimum Gasteiger partial charge on any atom is -0.395 e. The van der Waals surface area contributed by atoms with Crippen LogP contribution in [0.25, 0.3) is 0 Å². The SMILES string of the molecule is CC(C)[C@H](CO)NCc1ccnn1C. The lowest BCUT2D eigenvalue weighted by molar-refractivity contribution is 0.209. The Morgan fingerprint density at radius 1 is 1.57 bits per heavy atom. The van der Waals surface area contributed by atoms with Gasteiger partial charge < -0.3 is 10.4 Å². The summed E-state index contributed by atoms with van der Waals surface area (Å²) < 4.78 is 1.84. The Hall–Kier alpha value is -0.870. The van der Waals surface area contributed by atoms with Crippen molar-refractivity contribution in [3.05, 3.63) is 18.0 Å². The number of nitrogens with one attached hydrogen (secondary N) is 1. The van der Waals surface area contributed by atoms with Crippen LogP contribution in [0, 0.1) is 5.92 Å². The van der Waals surface area contributed by atoms with Gasteiger partial charge in [-0.3, -0.25) is 4.68 Å². The van der Waals surface area contributed by atoms with Gasteiger partial charge in [-0.2, -0.15) is 5.10 Å². The Morgan fingerprint density at radius 3 is 2.71 bits per heavy atom. The molecule has 0 saturated heterocycles. The molecule has 0 unspecified atom stereocenters. The van der Waals surface area contributed by atoms with Gasteiger partial charge >= 0.3 is 0 Å². The predicted molar refractivity (Wildman–Crippen MR) is 55.8 cm³/mol. The van der Waals surface area contributed by atoms with Crippen LogP contribution in [0.1, 0.15) is 19.5 Å². The summed E-state index contributed by atoms with van der Waals surface area (Å²) in [5.41, 5.74) is 1.13. The van der Waals surface area contributed by atoms with Crippen molar-refractivity contribution in [1.82, 2.24) is 15.1 Å². The molecule has 2 N–H and O–H groups in total. The Morgan fingerprint density at radius 2 is 2.29 bits per heavy atom. The van der Waals surface area contributed by atoms with Crippen molar-refractivity contribution in [2.24, 2.45) is 13.0 Å². The van der Waals surface area contributed by atoms with E-state index in [2.05, 4.69) is 24.3 Å². The standard InChI is InChI=1S/C10H19N3O/c1-8(2)10(7-14)11-6-9-4-5-12-13(9)3/h4-5,8,10-11,14H,6-7H2,1-3H3/t10-/m0/s1. The molecule has 0 fully saturated rings. The molecule has 0 saturated carbocycles. The zero-order valence-corrected chi connectivity index (χ0v) is 9.07. The number of aliphatic hydroxyl groups is 1. The summed E-state index contributed by atoms with van der Waals surface area (Å²) >= 11 is 0. The largest absolute Gasteiger partial charge is 0.395 e. The van der Waals surface area contributed by atoms with Gasteiger partial charge in [-0.1, -0.05) is 13.8 Å². The summed E-state index contributed by atoms with van der Waals surface area (Å²) in [6.07, 6.45) is 1.78. The summed E-state index contributed by atoms with van der Waals surface area (Å²) in [7, 11) is 1.92. The number of hydrogen-bond donors (Lipinski definition) is 2. The quantitative estimate of drug-likeness (QED) is 0.724. The minimum absolute atomic E-state index is 0.157. The van der Waals surface area contributed by atoms with E-state index in [4.69, 9.17) is 5.11 Å². The van der Waals surface area contributed by atoms with Crippen LogP contribution in [-0.2, 0) is 13.6 Å². The minimum atomic E-state index is 0.157. The van der Waals surface area contributed by atoms with Crippen molar-refractivity contribution >= 4 is 0 Å². The number of aliphatic hydroxyl groups excluding tert-OH is 1. The van der Waals surface area contributed by atoms with Gasteiger partial charge in [0.15, 0.2) is 0 Å². The average Bonchev–Trinajstić information content (AvgIpc) is 2.52. The number of nitrogens with zero attached hydrogens (tertiary/aromatic N) is 2. The zero-order valence-electron chi connectivity index (χ0n) is 9.07. The van der Waals surface area contributed by atoms with Gasteiger partial charge in [0.1, 0.15) is 0 Å². The van der Waals surface area contributed by atoms with Crippen LogP contribution in [0.4, 0.5) is 0 Å². The van der Waals surface area contributed by atoms with E-state index in [-0.39, 0.29) is 12.6 Å². The lowest BCUT2D eigenvalue weighted by Gasteiger charge is -2.19. The van der Waals surface area contributed by atoms with Gasteiger partial charge in [0, 0.05) is 25.8 Å². The number of rotatable bonds is 5. The molecule has 4 nitrogen and oxygen atoms in total. The first kappa shape index (κ1) is 11.2. The molecule has 1 rings (SSSR count). The molecule has 14 heavy (non-hydrogen) atoms. The van der Waals surface area contributed by atoms with Gasteiger partial charge in [0.2, 0.25) is 0 Å². The summed E-state index contributed by atoms with van der Waals surface area (Å²) in [5.74, 6) is 0.438. The van der Waals surface area contributed by atoms with Crippen molar-refractivity contribution in [2.75, 3.05) is 6.61 Å². The maximum absolute atomic E-state index is 9.11. The topological polar surface area (TPSA) is 50.1 Å². The smallest absolute Gasteiger partial charge is 0.0587 e. The maximum Gasteiger partial charge on any atom is 0.0587 e. The highest BCUT2D eigenvalue weighted by Crippen LogP contribution is 2.02. The van der Waals surface area contributed by atoms with Crippen LogP contribution in [0.5, 0.6) is 0 Å². The molecule has 80 valence electrons. The van der Waals surface area contributed by atoms with Crippen LogP contribution in [0.3, 0.4) is 0 Å². The van der Waals surface area contributed by atoms with Crippen molar-refractivity contribution in [3.8, 4) is 0 Å². The van der Waals surface area contributed by atoms with E-state index in [9.17, 15) is 0 Å². The molecule has 0 amide bonds. The maximum atomic E-state index is 9.11. The zero-order chi connectivity index (χ0) is 10.6. The Balaban J connectivity index is 2.43. The van der Waals surface area contributed by atoms with Gasteiger partial charge in [0.25, 0.3) is 0 Å². The van der Waals surface area contributed by atoms with E-state index in [1.807, 2.05) is 17.8 Å². The van der Waals surface area contributed by atoms with E-state index in [0.29, 0.717) is 5.92 Å². The molecule has 1 heterocycles. The molecule has 0 aliphatic carbocycles. The molecule has 0 bridgehead atoms. The van der Waals surface area contributed by atoms with Crippen molar-refractivity contribution < 1.29 is 5.11 Å². The van der Waals surface area contributed by atoms with Crippen molar-refractivity contribution in [3.63, 3.8) is 0 Å². The molecule has 0 aromatic carbocycles. The molecular formula is C10H19N3O. The van der Waals surface area contributed by atoms with Gasteiger partial charge in [-0.15, -0.1) is 0 Å². The van der Waals surface area contributed by atoms with Crippen LogP contribution in [0.2, 0.25) is 0 Å². The van der Waals surface area contributed by atoms with E-state index in [1.54, 1.807) is 6.20 Å². The van der Waals surface area contributed by atoms with E-state index >= 15 is 0 Å².